The SMILES string of the molecule is CCNC(=O)C1(NC(=O)C2CCCN(C(=O)c3ccc(C)cc3)C2)CCCCC1. The Morgan fingerprint density at radius 3 is 2.41 bits per heavy atom. The van der Waals surface area contributed by atoms with Gasteiger partial charge in [0.1, 0.15) is 5.54 Å². The van der Waals surface area contributed by atoms with Crippen LogP contribution in [0.5, 0.6) is 0 Å². The summed E-state index contributed by atoms with van der Waals surface area (Å²) < 4.78 is 0. The number of hydrogen-bond donors (Lipinski definition) is 2. The van der Waals surface area contributed by atoms with Crippen LogP contribution >= 0.6 is 0 Å². The molecule has 3 rings (SSSR count). The van der Waals surface area contributed by atoms with Gasteiger partial charge in [0.05, 0.1) is 5.92 Å². The highest BCUT2D eigenvalue weighted by atomic mass is 16.2. The van der Waals surface area contributed by atoms with Crippen LogP contribution in [0, 0.1) is 12.8 Å². The second-order valence-corrected chi connectivity index (χ2v) is 8.45. The van der Waals surface area contributed by atoms with Crippen LogP contribution in [-0.2, 0) is 9.59 Å². The molecular formula is C23H33N3O3. The molecule has 158 valence electrons. The van der Waals surface area contributed by atoms with Crippen molar-refractivity contribution in [1.29, 1.82) is 0 Å². The van der Waals surface area contributed by atoms with Gasteiger partial charge in [0.15, 0.2) is 0 Å². The number of benzene rings is 1. The minimum Gasteiger partial charge on any atom is -0.354 e. The first-order chi connectivity index (χ1) is 13.9. The lowest BCUT2D eigenvalue weighted by molar-refractivity contribution is -0.137. The van der Waals surface area contributed by atoms with Crippen LogP contribution in [0.2, 0.25) is 0 Å². The molecule has 6 nitrogen and oxygen atoms in total. The molecule has 6 heteroatoms. The van der Waals surface area contributed by atoms with E-state index in [9.17, 15) is 14.4 Å². The van der Waals surface area contributed by atoms with E-state index < -0.39 is 5.54 Å². The number of carbonyl (C=O) groups excluding carboxylic acids is 3. The third-order valence-electron chi connectivity index (χ3n) is 6.22. The Balaban J connectivity index is 1.67. The second-order valence-electron chi connectivity index (χ2n) is 8.45. The lowest BCUT2D eigenvalue weighted by Crippen LogP contribution is -2.61. The Kier molecular flexibility index (Phi) is 6.93. The molecule has 2 aliphatic rings. The number of nitrogens with zero attached hydrogens (tertiary/aromatic N) is 1. The third kappa shape index (κ3) is 4.98. The van der Waals surface area contributed by atoms with Gasteiger partial charge in [-0.1, -0.05) is 37.0 Å². The largest absolute Gasteiger partial charge is 0.354 e. The van der Waals surface area contributed by atoms with Crippen molar-refractivity contribution in [3.63, 3.8) is 0 Å². The molecule has 29 heavy (non-hydrogen) atoms. The lowest BCUT2D eigenvalue weighted by Gasteiger charge is -2.39. The van der Waals surface area contributed by atoms with Gasteiger partial charge >= 0.3 is 0 Å². The van der Waals surface area contributed by atoms with Crippen molar-refractivity contribution in [1.82, 2.24) is 15.5 Å². The van der Waals surface area contributed by atoms with Crippen LogP contribution in [0.25, 0.3) is 0 Å². The van der Waals surface area contributed by atoms with Gasteiger partial charge in [-0.2, -0.15) is 0 Å². The quantitative estimate of drug-likeness (QED) is 0.799. The van der Waals surface area contributed by atoms with Crippen molar-refractivity contribution in [3.05, 3.63) is 35.4 Å². The van der Waals surface area contributed by atoms with E-state index in [2.05, 4.69) is 10.6 Å². The van der Waals surface area contributed by atoms with Crippen molar-refractivity contribution >= 4 is 17.7 Å². The zero-order valence-electron chi connectivity index (χ0n) is 17.6. The molecule has 3 amide bonds. The number of hydrogen-bond acceptors (Lipinski definition) is 3. The van der Waals surface area contributed by atoms with E-state index in [1.807, 2.05) is 38.1 Å². The van der Waals surface area contributed by atoms with Crippen LogP contribution in [0.3, 0.4) is 0 Å². The van der Waals surface area contributed by atoms with Crippen LogP contribution in [-0.4, -0.2) is 47.8 Å². The average molecular weight is 400 g/mol. The zero-order valence-corrected chi connectivity index (χ0v) is 17.6. The topological polar surface area (TPSA) is 78.5 Å². The molecule has 1 aliphatic heterocycles. The van der Waals surface area contributed by atoms with E-state index in [0.29, 0.717) is 38.0 Å². The van der Waals surface area contributed by atoms with Gasteiger partial charge in [0, 0.05) is 25.2 Å². The molecule has 2 N–H and O–H groups in total. The summed E-state index contributed by atoms with van der Waals surface area (Å²) in [5.74, 6) is -0.471. The molecule has 2 fully saturated rings. The summed E-state index contributed by atoms with van der Waals surface area (Å²) in [6.45, 7) is 5.51. The summed E-state index contributed by atoms with van der Waals surface area (Å²) in [6.07, 6.45) is 5.89. The first kappa shape index (κ1) is 21.3. The zero-order chi connectivity index (χ0) is 20.9. The molecule has 1 heterocycles. The smallest absolute Gasteiger partial charge is 0.253 e. The summed E-state index contributed by atoms with van der Waals surface area (Å²) in [4.78, 5) is 40.5. The monoisotopic (exact) mass is 399 g/mol. The molecule has 0 bridgehead atoms. The van der Waals surface area contributed by atoms with Crippen LogP contribution in [0.4, 0.5) is 0 Å². The Hall–Kier alpha value is -2.37. The highest BCUT2D eigenvalue weighted by Gasteiger charge is 2.42. The number of rotatable bonds is 5. The molecular weight excluding hydrogens is 366 g/mol. The lowest BCUT2D eigenvalue weighted by atomic mass is 9.80. The molecule has 0 aromatic heterocycles. The van der Waals surface area contributed by atoms with Crippen molar-refractivity contribution in [2.75, 3.05) is 19.6 Å². The fourth-order valence-electron chi connectivity index (χ4n) is 4.49. The van der Waals surface area contributed by atoms with Gasteiger partial charge in [-0.3, -0.25) is 14.4 Å². The highest BCUT2D eigenvalue weighted by molar-refractivity contribution is 5.95. The number of likely N-dealkylation sites (tertiary alicyclic amines) is 1. The molecule has 1 atom stereocenters. The molecule has 1 saturated carbocycles. The molecule has 1 aliphatic carbocycles. The van der Waals surface area contributed by atoms with Gasteiger partial charge < -0.3 is 15.5 Å². The molecule has 0 spiro atoms. The molecule has 0 radical (unpaired) electrons. The van der Waals surface area contributed by atoms with Gasteiger partial charge in [-0.05, 0) is 51.7 Å². The van der Waals surface area contributed by atoms with E-state index in [1.165, 1.54) is 0 Å². The molecule has 1 aromatic rings. The van der Waals surface area contributed by atoms with E-state index in [-0.39, 0.29) is 23.6 Å². The normalized spacial score (nSPS) is 21.3. The van der Waals surface area contributed by atoms with Gasteiger partial charge in [0.25, 0.3) is 5.91 Å². The number of nitrogens with one attached hydrogen (secondary N) is 2. The van der Waals surface area contributed by atoms with Crippen molar-refractivity contribution in [3.8, 4) is 0 Å². The number of piperidine rings is 1. The number of amides is 3. The van der Waals surface area contributed by atoms with Gasteiger partial charge in [0.2, 0.25) is 11.8 Å². The first-order valence-electron chi connectivity index (χ1n) is 10.9. The third-order valence-corrected chi connectivity index (χ3v) is 6.22. The van der Waals surface area contributed by atoms with Gasteiger partial charge in [-0.25, -0.2) is 0 Å². The van der Waals surface area contributed by atoms with Crippen LogP contribution in [0.1, 0.15) is 67.8 Å². The predicted molar refractivity (Wildman–Crippen MR) is 112 cm³/mol. The Morgan fingerprint density at radius 1 is 1.07 bits per heavy atom. The maximum atomic E-state index is 13.1. The van der Waals surface area contributed by atoms with Gasteiger partial charge in [-0.15, -0.1) is 0 Å². The number of likely N-dealkylation sites (N-methyl/N-ethyl adjacent to an activating group) is 1. The van der Waals surface area contributed by atoms with Crippen molar-refractivity contribution in [2.24, 2.45) is 5.92 Å². The maximum absolute atomic E-state index is 13.1. The van der Waals surface area contributed by atoms with E-state index in [1.54, 1.807) is 4.90 Å². The Bertz CT molecular complexity index is 738. The Labute approximate surface area is 173 Å². The average Bonchev–Trinajstić information content (AvgIpc) is 2.74. The summed E-state index contributed by atoms with van der Waals surface area (Å²) >= 11 is 0. The summed E-state index contributed by atoms with van der Waals surface area (Å²) in [6, 6.07) is 7.54. The van der Waals surface area contributed by atoms with Crippen molar-refractivity contribution < 1.29 is 14.4 Å². The maximum Gasteiger partial charge on any atom is 0.253 e. The van der Waals surface area contributed by atoms with E-state index >= 15 is 0 Å². The fourth-order valence-corrected chi connectivity index (χ4v) is 4.49. The van der Waals surface area contributed by atoms with Crippen LogP contribution < -0.4 is 10.6 Å². The molecule has 1 saturated heterocycles. The number of aryl methyl sites for hydroxylation is 1. The summed E-state index contributed by atoms with van der Waals surface area (Å²) in [7, 11) is 0. The summed E-state index contributed by atoms with van der Waals surface area (Å²) in [5.41, 5.74) is 0.970. The molecule has 1 aromatic carbocycles. The fraction of sp³-hybridized carbons (Fsp3) is 0.609. The Morgan fingerprint density at radius 2 is 1.76 bits per heavy atom. The van der Waals surface area contributed by atoms with E-state index in [0.717, 1.165) is 37.7 Å². The second kappa shape index (κ2) is 9.42. The minimum atomic E-state index is -0.797. The minimum absolute atomic E-state index is 0.0291. The predicted octanol–water partition coefficient (Wildman–Crippen LogP) is 2.80. The number of carbonyl (C=O) groups is 3. The van der Waals surface area contributed by atoms with E-state index in [4.69, 9.17) is 0 Å². The van der Waals surface area contributed by atoms with Crippen LogP contribution in [0.15, 0.2) is 24.3 Å². The molecule has 1 unspecified atom stereocenters. The van der Waals surface area contributed by atoms with Crippen molar-refractivity contribution in [2.45, 2.75) is 64.3 Å². The highest BCUT2D eigenvalue weighted by Crippen LogP contribution is 2.30. The standard InChI is InChI=1S/C23H33N3O3/c1-3-24-22(29)23(13-5-4-6-14-23)25-20(27)19-8-7-15-26(16-19)21(28)18-11-9-17(2)10-12-18/h9-12,19H,3-8,13-16H2,1-2H3,(H,24,29)(H,25,27). The first-order valence-corrected chi connectivity index (χ1v) is 10.9. The summed E-state index contributed by atoms with van der Waals surface area (Å²) in [5, 5.41) is 6.00.